The number of benzene rings is 1. The molecule has 0 saturated heterocycles. The van der Waals surface area contributed by atoms with E-state index in [0.29, 0.717) is 32.3 Å². The van der Waals surface area contributed by atoms with Crippen molar-refractivity contribution >= 4 is 68.5 Å². The number of hydrogen-bond acceptors (Lipinski definition) is 5. The van der Waals surface area contributed by atoms with Gasteiger partial charge in [0.15, 0.2) is 5.11 Å². The van der Waals surface area contributed by atoms with Crippen molar-refractivity contribution in [2.24, 2.45) is 0 Å². The topological polar surface area (TPSA) is 68.2 Å². The Kier molecular flexibility index (Phi) is 7.82. The van der Waals surface area contributed by atoms with Crippen molar-refractivity contribution < 1.29 is 9.53 Å². The van der Waals surface area contributed by atoms with Gasteiger partial charge < -0.3 is 15.4 Å². The lowest BCUT2D eigenvalue weighted by atomic mass is 10.1. The zero-order valence-corrected chi connectivity index (χ0v) is 21.6. The maximum atomic E-state index is 12.3. The lowest BCUT2D eigenvalue weighted by Gasteiger charge is -2.12. The van der Waals surface area contributed by atoms with Crippen LogP contribution in [0.15, 0.2) is 18.2 Å². The van der Waals surface area contributed by atoms with E-state index in [9.17, 15) is 4.79 Å². The molecular formula is C22H24Cl2N4O2S2. The molecule has 0 spiro atoms. The van der Waals surface area contributed by atoms with Gasteiger partial charge >= 0.3 is 5.97 Å². The molecule has 2 N–H and O–H groups in total. The second-order valence-corrected chi connectivity index (χ2v) is 9.68. The first-order valence-electron chi connectivity index (χ1n) is 9.92. The van der Waals surface area contributed by atoms with Gasteiger partial charge in [-0.15, -0.1) is 11.3 Å². The van der Waals surface area contributed by atoms with E-state index in [1.54, 1.807) is 12.1 Å². The summed E-state index contributed by atoms with van der Waals surface area (Å²) in [6.07, 6.45) is 0.729. The van der Waals surface area contributed by atoms with Crippen molar-refractivity contribution in [3.05, 3.63) is 61.2 Å². The first kappa shape index (κ1) is 24.5. The first-order valence-corrected chi connectivity index (χ1v) is 11.9. The summed E-state index contributed by atoms with van der Waals surface area (Å²) in [6.45, 7) is 8.36. The van der Waals surface area contributed by atoms with Crippen molar-refractivity contribution in [1.82, 2.24) is 9.78 Å². The number of thiophene rings is 1. The smallest absolute Gasteiger partial charge is 0.341 e. The second-order valence-electron chi connectivity index (χ2n) is 7.20. The highest BCUT2D eigenvalue weighted by Gasteiger charge is 2.23. The Hall–Kier alpha value is -2.13. The number of halogens is 2. The molecule has 0 amide bonds. The maximum Gasteiger partial charge on any atom is 0.341 e. The van der Waals surface area contributed by atoms with Gasteiger partial charge in [-0.25, -0.2) is 4.79 Å². The maximum absolute atomic E-state index is 12.3. The Labute approximate surface area is 206 Å². The number of esters is 1. The van der Waals surface area contributed by atoms with E-state index in [1.165, 1.54) is 18.4 Å². The third kappa shape index (κ3) is 5.09. The normalized spacial score (nSPS) is 10.8. The molecule has 0 fully saturated rings. The Morgan fingerprint density at radius 3 is 2.59 bits per heavy atom. The van der Waals surface area contributed by atoms with Gasteiger partial charge in [0.05, 0.1) is 36.3 Å². The molecule has 10 heteroatoms. The molecule has 2 heterocycles. The summed E-state index contributed by atoms with van der Waals surface area (Å²) < 4.78 is 6.84. The van der Waals surface area contributed by atoms with Crippen LogP contribution in [0.3, 0.4) is 0 Å². The molecule has 0 aliphatic rings. The van der Waals surface area contributed by atoms with E-state index in [4.69, 9.17) is 40.2 Å². The van der Waals surface area contributed by atoms with Gasteiger partial charge in [-0.05, 0) is 62.7 Å². The number of rotatable bonds is 6. The molecular weight excluding hydrogens is 487 g/mol. The number of aromatic nitrogens is 2. The Bertz CT molecular complexity index is 1190. The first-order chi connectivity index (χ1) is 15.2. The fourth-order valence-electron chi connectivity index (χ4n) is 3.50. The van der Waals surface area contributed by atoms with Gasteiger partial charge in [0, 0.05) is 14.9 Å². The summed E-state index contributed by atoms with van der Waals surface area (Å²) in [4.78, 5) is 13.4. The van der Waals surface area contributed by atoms with Gasteiger partial charge in [-0.3, -0.25) is 4.68 Å². The summed E-state index contributed by atoms with van der Waals surface area (Å²) in [5.74, 6) is -0.378. The van der Waals surface area contributed by atoms with Crippen LogP contribution in [0.2, 0.25) is 10.0 Å². The number of methoxy groups -OCH3 is 1. The highest BCUT2D eigenvalue weighted by atomic mass is 35.5. The van der Waals surface area contributed by atoms with Gasteiger partial charge in [-0.1, -0.05) is 36.2 Å². The largest absolute Gasteiger partial charge is 0.465 e. The minimum absolute atomic E-state index is 0.370. The number of carbonyl (C=O) groups excluding carboxylic acids is 1. The van der Waals surface area contributed by atoms with Gasteiger partial charge in [0.25, 0.3) is 0 Å². The number of thiocarbonyl (C=S) groups is 1. The molecule has 0 atom stereocenters. The Morgan fingerprint density at radius 1 is 1.25 bits per heavy atom. The molecule has 0 unspecified atom stereocenters. The van der Waals surface area contributed by atoms with Crippen molar-refractivity contribution in [1.29, 1.82) is 0 Å². The molecule has 32 heavy (non-hydrogen) atoms. The van der Waals surface area contributed by atoms with Gasteiger partial charge in [-0.2, -0.15) is 5.10 Å². The van der Waals surface area contributed by atoms with Crippen molar-refractivity contribution in [3.63, 3.8) is 0 Å². The molecule has 2 aromatic heterocycles. The van der Waals surface area contributed by atoms with Crippen LogP contribution in [-0.2, 0) is 17.7 Å². The molecule has 6 nitrogen and oxygen atoms in total. The Balaban J connectivity index is 1.81. The van der Waals surface area contributed by atoms with Crippen LogP contribution in [0.1, 0.15) is 44.7 Å². The fraction of sp³-hybridized carbons (Fsp3) is 0.318. The second kappa shape index (κ2) is 10.2. The molecule has 170 valence electrons. The highest BCUT2D eigenvalue weighted by molar-refractivity contribution is 7.80. The van der Waals surface area contributed by atoms with Crippen molar-refractivity contribution in [2.75, 3.05) is 17.7 Å². The van der Waals surface area contributed by atoms with Crippen molar-refractivity contribution in [3.8, 4) is 0 Å². The van der Waals surface area contributed by atoms with E-state index in [0.717, 1.165) is 39.5 Å². The number of nitrogens with zero attached hydrogens (tertiary/aromatic N) is 2. The minimum atomic E-state index is -0.378. The predicted molar refractivity (Wildman–Crippen MR) is 137 cm³/mol. The van der Waals surface area contributed by atoms with Crippen LogP contribution >= 0.6 is 46.8 Å². The van der Waals surface area contributed by atoms with Crippen LogP contribution in [0.5, 0.6) is 0 Å². The fourth-order valence-corrected chi connectivity index (χ4v) is 5.38. The van der Waals surface area contributed by atoms with Gasteiger partial charge in [0.2, 0.25) is 0 Å². The number of aryl methyl sites for hydroxylation is 2. The van der Waals surface area contributed by atoms with Crippen LogP contribution in [0.4, 0.5) is 10.7 Å². The Morgan fingerprint density at radius 2 is 1.97 bits per heavy atom. The van der Waals surface area contributed by atoms with Crippen molar-refractivity contribution in [2.45, 2.75) is 40.7 Å². The summed E-state index contributed by atoms with van der Waals surface area (Å²) >= 11 is 19.3. The third-order valence-corrected chi connectivity index (χ3v) is 6.99. The van der Waals surface area contributed by atoms with E-state index < -0.39 is 0 Å². The number of carbonyl (C=O) groups is 1. The monoisotopic (exact) mass is 510 g/mol. The zero-order valence-electron chi connectivity index (χ0n) is 18.4. The summed E-state index contributed by atoms with van der Waals surface area (Å²) in [5.41, 5.74) is 4.91. The molecule has 0 aliphatic heterocycles. The number of hydrogen-bond donors (Lipinski definition) is 2. The quantitative estimate of drug-likeness (QED) is 0.296. The van der Waals surface area contributed by atoms with Gasteiger partial charge in [0.1, 0.15) is 5.00 Å². The molecule has 3 aromatic rings. The molecule has 3 rings (SSSR count). The zero-order chi connectivity index (χ0) is 23.6. The summed E-state index contributed by atoms with van der Waals surface area (Å²) in [5, 5.41) is 13.2. The van der Waals surface area contributed by atoms with Crippen LogP contribution in [0, 0.1) is 20.8 Å². The lowest BCUT2D eigenvalue weighted by Crippen LogP contribution is -2.21. The van der Waals surface area contributed by atoms with E-state index in [2.05, 4.69) is 15.7 Å². The standard InChI is InChI=1S/C22H24Cl2N4O2S2/c1-6-16-13(4)32-20(18(16)21(29)30-5)26-22(31)25-19-11(2)27-28(12(19)3)10-14-7-8-15(23)9-17(14)24/h7-9H,6,10H2,1-5H3,(H2,25,26,31). The number of anilines is 2. The number of ether oxygens (including phenoxy) is 1. The molecule has 0 aliphatic carbocycles. The SMILES string of the molecule is CCc1c(C)sc(NC(=S)Nc2c(C)nn(Cc3ccc(Cl)cc3Cl)c2C)c1C(=O)OC. The average molecular weight is 512 g/mol. The minimum Gasteiger partial charge on any atom is -0.465 e. The van der Waals surface area contributed by atoms with Crippen LogP contribution < -0.4 is 10.6 Å². The molecule has 0 saturated carbocycles. The van der Waals surface area contributed by atoms with Crippen LogP contribution in [-0.4, -0.2) is 28.0 Å². The highest BCUT2D eigenvalue weighted by Crippen LogP contribution is 2.34. The average Bonchev–Trinajstić information content (AvgIpc) is 3.19. The molecule has 0 radical (unpaired) electrons. The van der Waals surface area contributed by atoms with Crippen LogP contribution in [0.25, 0.3) is 0 Å². The summed E-state index contributed by atoms with van der Waals surface area (Å²) in [7, 11) is 1.38. The molecule has 0 bridgehead atoms. The summed E-state index contributed by atoms with van der Waals surface area (Å²) in [6, 6.07) is 5.41. The third-order valence-electron chi connectivity index (χ3n) is 5.13. The molecule has 1 aromatic carbocycles. The van der Waals surface area contributed by atoms with E-state index in [-0.39, 0.29) is 5.97 Å². The predicted octanol–water partition coefficient (Wildman–Crippen LogP) is 6.38. The van der Waals surface area contributed by atoms with E-state index >= 15 is 0 Å². The number of nitrogens with one attached hydrogen (secondary N) is 2. The lowest BCUT2D eigenvalue weighted by molar-refractivity contribution is 0.0601. The van der Waals surface area contributed by atoms with E-state index in [1.807, 2.05) is 38.4 Å².